The third kappa shape index (κ3) is 3.32. The summed E-state index contributed by atoms with van der Waals surface area (Å²) in [7, 11) is 0. The van der Waals surface area contributed by atoms with Gasteiger partial charge >= 0.3 is 5.97 Å². The first-order valence-electron chi connectivity index (χ1n) is 5.78. The highest BCUT2D eigenvalue weighted by molar-refractivity contribution is 5.76. The summed E-state index contributed by atoms with van der Waals surface area (Å²) in [6, 6.07) is 17.5. The fourth-order valence-corrected chi connectivity index (χ4v) is 1.77. The van der Waals surface area contributed by atoms with Crippen LogP contribution >= 0.6 is 0 Å². The summed E-state index contributed by atoms with van der Waals surface area (Å²) in [4.78, 5) is 10.8. The van der Waals surface area contributed by atoms with Crippen molar-refractivity contribution in [1.82, 2.24) is 0 Å². The lowest BCUT2D eigenvalue weighted by Crippen LogP contribution is -2.01. The number of carboxylic acid groups (broad SMARTS) is 1. The zero-order valence-electron chi connectivity index (χ0n) is 9.91. The van der Waals surface area contributed by atoms with Crippen LogP contribution in [0.3, 0.4) is 0 Å². The van der Waals surface area contributed by atoms with Crippen LogP contribution in [0.1, 0.15) is 16.7 Å². The van der Waals surface area contributed by atoms with Crippen molar-refractivity contribution in [3.05, 3.63) is 71.3 Å². The number of benzene rings is 2. The Hall–Kier alpha value is -2.35. The summed E-state index contributed by atoms with van der Waals surface area (Å²) < 4.78 is 0. The maximum atomic E-state index is 10.8. The molecule has 0 spiro atoms. The molecule has 0 aliphatic carbocycles. The smallest absolute Gasteiger partial charge is 0.307 e. The number of hydrogen-bond donors (Lipinski definition) is 1. The summed E-state index contributed by atoms with van der Waals surface area (Å²) >= 11 is 0. The van der Waals surface area contributed by atoms with Crippen molar-refractivity contribution in [2.24, 2.45) is 0 Å². The SMILES string of the molecule is O=C(O)Cc1ccccc1/C=C/c1ccccc1. The van der Waals surface area contributed by atoms with E-state index in [0.29, 0.717) is 0 Å². The van der Waals surface area contributed by atoms with Crippen molar-refractivity contribution in [3.8, 4) is 0 Å². The molecule has 0 atom stereocenters. The topological polar surface area (TPSA) is 37.3 Å². The van der Waals surface area contributed by atoms with E-state index >= 15 is 0 Å². The largest absolute Gasteiger partial charge is 0.481 e. The molecule has 2 rings (SSSR count). The second-order valence-electron chi connectivity index (χ2n) is 4.01. The summed E-state index contributed by atoms with van der Waals surface area (Å²) in [6.07, 6.45) is 3.99. The molecule has 90 valence electrons. The molecule has 0 radical (unpaired) electrons. The van der Waals surface area contributed by atoms with Gasteiger partial charge in [-0.15, -0.1) is 0 Å². The second-order valence-corrected chi connectivity index (χ2v) is 4.01. The van der Waals surface area contributed by atoms with E-state index in [1.165, 1.54) is 0 Å². The molecule has 0 aliphatic rings. The fourth-order valence-electron chi connectivity index (χ4n) is 1.77. The third-order valence-corrected chi connectivity index (χ3v) is 2.65. The molecule has 0 heterocycles. The molecule has 2 nitrogen and oxygen atoms in total. The predicted octanol–water partition coefficient (Wildman–Crippen LogP) is 3.48. The Morgan fingerprint density at radius 3 is 2.33 bits per heavy atom. The molecule has 18 heavy (non-hydrogen) atoms. The first kappa shape index (κ1) is 12.1. The summed E-state index contributed by atoms with van der Waals surface area (Å²) in [5, 5.41) is 8.85. The van der Waals surface area contributed by atoms with Crippen LogP contribution in [0.4, 0.5) is 0 Å². The van der Waals surface area contributed by atoms with E-state index in [0.717, 1.165) is 16.7 Å². The quantitative estimate of drug-likeness (QED) is 0.828. The van der Waals surface area contributed by atoms with Gasteiger partial charge < -0.3 is 5.11 Å². The van der Waals surface area contributed by atoms with Gasteiger partial charge in [0.15, 0.2) is 0 Å². The molecule has 2 aromatic rings. The Bertz CT molecular complexity index is 556. The third-order valence-electron chi connectivity index (χ3n) is 2.65. The van der Waals surface area contributed by atoms with E-state index in [2.05, 4.69) is 0 Å². The average molecular weight is 238 g/mol. The number of hydrogen-bond acceptors (Lipinski definition) is 1. The monoisotopic (exact) mass is 238 g/mol. The van der Waals surface area contributed by atoms with Crippen molar-refractivity contribution >= 4 is 18.1 Å². The molecule has 0 saturated carbocycles. The lowest BCUT2D eigenvalue weighted by molar-refractivity contribution is -0.136. The lowest BCUT2D eigenvalue weighted by atomic mass is 10.0. The summed E-state index contributed by atoms with van der Waals surface area (Å²) in [5.74, 6) is -0.810. The van der Waals surface area contributed by atoms with E-state index < -0.39 is 5.97 Å². The second kappa shape index (κ2) is 5.82. The van der Waals surface area contributed by atoms with E-state index in [4.69, 9.17) is 5.11 Å². The molecule has 0 aromatic heterocycles. The molecule has 0 aliphatic heterocycles. The first-order valence-corrected chi connectivity index (χ1v) is 5.78. The van der Waals surface area contributed by atoms with E-state index in [1.54, 1.807) is 0 Å². The molecular formula is C16H14O2. The Balaban J connectivity index is 2.23. The number of rotatable bonds is 4. The van der Waals surface area contributed by atoms with Crippen LogP contribution < -0.4 is 0 Å². The first-order chi connectivity index (χ1) is 8.75. The van der Waals surface area contributed by atoms with Crippen molar-refractivity contribution in [1.29, 1.82) is 0 Å². The predicted molar refractivity (Wildman–Crippen MR) is 73.2 cm³/mol. The molecular weight excluding hydrogens is 224 g/mol. The van der Waals surface area contributed by atoms with Crippen LogP contribution in [-0.2, 0) is 11.2 Å². The van der Waals surface area contributed by atoms with Gasteiger partial charge in [-0.3, -0.25) is 4.79 Å². The van der Waals surface area contributed by atoms with Crippen LogP contribution in [0.25, 0.3) is 12.2 Å². The zero-order valence-corrected chi connectivity index (χ0v) is 9.91. The highest BCUT2D eigenvalue weighted by Crippen LogP contribution is 2.14. The molecule has 2 aromatic carbocycles. The van der Waals surface area contributed by atoms with Gasteiger partial charge in [0, 0.05) is 0 Å². The van der Waals surface area contributed by atoms with Gasteiger partial charge in [-0.2, -0.15) is 0 Å². The van der Waals surface area contributed by atoms with E-state index in [-0.39, 0.29) is 6.42 Å². The van der Waals surface area contributed by atoms with Gasteiger partial charge in [0.1, 0.15) is 0 Å². The number of aliphatic carboxylic acids is 1. The zero-order chi connectivity index (χ0) is 12.8. The number of carbonyl (C=O) groups is 1. The number of carboxylic acids is 1. The highest BCUT2D eigenvalue weighted by atomic mass is 16.4. The molecule has 0 amide bonds. The standard InChI is InChI=1S/C16H14O2/c17-16(18)12-15-9-5-4-8-14(15)11-10-13-6-2-1-3-7-13/h1-11H,12H2,(H,17,18)/b11-10+. The Morgan fingerprint density at radius 1 is 0.944 bits per heavy atom. The molecule has 2 heteroatoms. The minimum absolute atomic E-state index is 0.0509. The Morgan fingerprint density at radius 2 is 1.61 bits per heavy atom. The Kier molecular flexibility index (Phi) is 3.92. The Labute approximate surface area is 106 Å². The minimum Gasteiger partial charge on any atom is -0.481 e. The highest BCUT2D eigenvalue weighted by Gasteiger charge is 2.03. The van der Waals surface area contributed by atoms with Crippen LogP contribution in [0, 0.1) is 0 Å². The molecule has 1 N–H and O–H groups in total. The van der Waals surface area contributed by atoms with Crippen LogP contribution in [0.5, 0.6) is 0 Å². The van der Waals surface area contributed by atoms with Gasteiger partial charge in [0.05, 0.1) is 6.42 Å². The van der Waals surface area contributed by atoms with Crippen molar-refractivity contribution in [2.75, 3.05) is 0 Å². The van der Waals surface area contributed by atoms with Crippen LogP contribution in [0.15, 0.2) is 54.6 Å². The molecule has 0 unspecified atom stereocenters. The summed E-state index contributed by atoms with van der Waals surface area (Å²) in [6.45, 7) is 0. The normalized spacial score (nSPS) is 10.7. The average Bonchev–Trinajstić information content (AvgIpc) is 2.38. The fraction of sp³-hybridized carbons (Fsp3) is 0.0625. The van der Waals surface area contributed by atoms with Crippen molar-refractivity contribution in [2.45, 2.75) is 6.42 Å². The molecule has 0 bridgehead atoms. The molecule has 0 fully saturated rings. The summed E-state index contributed by atoms with van der Waals surface area (Å²) in [5.41, 5.74) is 2.88. The molecule has 0 saturated heterocycles. The van der Waals surface area contributed by atoms with Crippen LogP contribution in [0.2, 0.25) is 0 Å². The van der Waals surface area contributed by atoms with Crippen molar-refractivity contribution in [3.63, 3.8) is 0 Å². The maximum absolute atomic E-state index is 10.8. The van der Waals surface area contributed by atoms with Gasteiger partial charge in [0.25, 0.3) is 0 Å². The van der Waals surface area contributed by atoms with Gasteiger partial charge in [-0.25, -0.2) is 0 Å². The van der Waals surface area contributed by atoms with Gasteiger partial charge in [-0.05, 0) is 16.7 Å². The minimum atomic E-state index is -0.810. The van der Waals surface area contributed by atoms with Gasteiger partial charge in [0.2, 0.25) is 0 Å². The van der Waals surface area contributed by atoms with E-state index in [9.17, 15) is 4.79 Å². The van der Waals surface area contributed by atoms with E-state index in [1.807, 2.05) is 66.7 Å². The maximum Gasteiger partial charge on any atom is 0.307 e. The van der Waals surface area contributed by atoms with Crippen LogP contribution in [-0.4, -0.2) is 11.1 Å². The van der Waals surface area contributed by atoms with Crippen molar-refractivity contribution < 1.29 is 9.90 Å². The van der Waals surface area contributed by atoms with Gasteiger partial charge in [-0.1, -0.05) is 66.7 Å². The lowest BCUT2D eigenvalue weighted by Gasteiger charge is -2.02.